The second kappa shape index (κ2) is 9.33. The van der Waals surface area contributed by atoms with Crippen molar-refractivity contribution >= 4 is 29.3 Å². The minimum atomic E-state index is -0.179. The molecule has 0 aliphatic carbocycles. The van der Waals surface area contributed by atoms with Crippen LogP contribution in [0.4, 0.5) is 5.69 Å². The van der Waals surface area contributed by atoms with Gasteiger partial charge in [-0.05, 0) is 31.2 Å². The molecule has 0 bridgehead atoms. The van der Waals surface area contributed by atoms with Crippen LogP contribution in [0.25, 0.3) is 11.4 Å². The van der Waals surface area contributed by atoms with Crippen molar-refractivity contribution < 1.29 is 9.59 Å². The Hall–Kier alpha value is -3.20. The number of nitrogens with one attached hydrogen (secondary N) is 1. The van der Waals surface area contributed by atoms with Crippen LogP contribution in [0.5, 0.6) is 0 Å². The fourth-order valence-corrected chi connectivity index (χ4v) is 3.46. The third kappa shape index (κ3) is 5.00. The molecule has 0 saturated carbocycles. The molecule has 8 nitrogen and oxygen atoms in total. The molecule has 1 N–H and O–H groups in total. The molecule has 1 aromatic carbocycles. The highest BCUT2D eigenvalue weighted by molar-refractivity contribution is 7.99. The molecule has 9 heteroatoms. The smallest absolute Gasteiger partial charge is 0.271 e. The Morgan fingerprint density at radius 3 is 2.59 bits per heavy atom. The first-order chi connectivity index (χ1) is 14.0. The fraction of sp³-hybridized carbons (Fsp3) is 0.250. The van der Waals surface area contributed by atoms with Gasteiger partial charge in [-0.3, -0.25) is 14.6 Å². The lowest BCUT2D eigenvalue weighted by molar-refractivity contribution is -0.113. The Kier molecular flexibility index (Phi) is 6.61. The molecular weight excluding hydrogens is 388 g/mol. The summed E-state index contributed by atoms with van der Waals surface area (Å²) in [6.45, 7) is 2.61. The van der Waals surface area contributed by atoms with Gasteiger partial charge in [0.1, 0.15) is 5.69 Å². The summed E-state index contributed by atoms with van der Waals surface area (Å²) in [5.41, 5.74) is 1.85. The summed E-state index contributed by atoms with van der Waals surface area (Å²) in [5, 5.41) is 12.0. The van der Waals surface area contributed by atoms with Gasteiger partial charge in [-0.25, -0.2) is 0 Å². The molecule has 0 atom stereocenters. The van der Waals surface area contributed by atoms with Crippen LogP contribution in [-0.2, 0) is 11.3 Å². The van der Waals surface area contributed by atoms with Gasteiger partial charge in [-0.2, -0.15) is 0 Å². The van der Waals surface area contributed by atoms with Crippen LogP contribution >= 0.6 is 11.8 Å². The van der Waals surface area contributed by atoms with E-state index in [4.69, 9.17) is 0 Å². The quantitative estimate of drug-likeness (QED) is 0.602. The molecular formula is C20H22N6O2S. The lowest BCUT2D eigenvalue weighted by Gasteiger charge is -2.11. The number of nitrogens with zero attached hydrogens (tertiary/aromatic N) is 5. The predicted molar refractivity (Wildman–Crippen MR) is 113 cm³/mol. The van der Waals surface area contributed by atoms with Crippen LogP contribution in [-0.4, -0.2) is 56.3 Å². The number of aromatic nitrogens is 4. The molecule has 0 unspecified atom stereocenters. The van der Waals surface area contributed by atoms with Crippen LogP contribution < -0.4 is 5.32 Å². The van der Waals surface area contributed by atoms with E-state index in [0.717, 1.165) is 11.3 Å². The molecule has 0 saturated heterocycles. The second-order valence-electron chi connectivity index (χ2n) is 6.38. The van der Waals surface area contributed by atoms with Gasteiger partial charge in [0.2, 0.25) is 5.91 Å². The first kappa shape index (κ1) is 20.5. The average Bonchev–Trinajstić information content (AvgIpc) is 3.15. The van der Waals surface area contributed by atoms with Gasteiger partial charge in [0, 0.05) is 38.1 Å². The SMILES string of the molecule is CCn1c(SCC(=O)Nc2ccccc2)nnc1-c1ccnc(C(=O)N(C)C)c1. The van der Waals surface area contributed by atoms with E-state index in [-0.39, 0.29) is 17.6 Å². The maximum Gasteiger partial charge on any atom is 0.271 e. The number of hydrogen-bond acceptors (Lipinski definition) is 6. The van der Waals surface area contributed by atoms with Crippen molar-refractivity contribution in [3.05, 3.63) is 54.4 Å². The molecule has 0 aliphatic rings. The Balaban J connectivity index is 1.74. The topological polar surface area (TPSA) is 93.0 Å². The third-order valence-corrected chi connectivity index (χ3v) is 5.03. The maximum atomic E-state index is 12.2. The number of hydrogen-bond donors (Lipinski definition) is 1. The van der Waals surface area contributed by atoms with Crippen molar-refractivity contribution in [1.29, 1.82) is 0 Å². The van der Waals surface area contributed by atoms with Crippen molar-refractivity contribution in [2.75, 3.05) is 25.2 Å². The zero-order chi connectivity index (χ0) is 20.8. The lowest BCUT2D eigenvalue weighted by atomic mass is 10.2. The Morgan fingerprint density at radius 2 is 1.90 bits per heavy atom. The van der Waals surface area contributed by atoms with Crippen molar-refractivity contribution in [2.45, 2.75) is 18.6 Å². The van der Waals surface area contributed by atoms with Gasteiger partial charge < -0.3 is 14.8 Å². The normalized spacial score (nSPS) is 10.6. The molecule has 0 aliphatic heterocycles. The summed E-state index contributed by atoms with van der Waals surface area (Å²) in [5.74, 6) is 0.555. The molecule has 0 spiro atoms. The molecule has 2 aromatic heterocycles. The minimum Gasteiger partial charge on any atom is -0.343 e. The third-order valence-electron chi connectivity index (χ3n) is 4.07. The molecule has 0 radical (unpaired) electrons. The van der Waals surface area contributed by atoms with Crippen LogP contribution in [0.2, 0.25) is 0 Å². The zero-order valence-corrected chi connectivity index (χ0v) is 17.3. The number of anilines is 1. The number of carbonyl (C=O) groups is 2. The summed E-state index contributed by atoms with van der Waals surface area (Å²) in [4.78, 5) is 30.0. The summed E-state index contributed by atoms with van der Waals surface area (Å²) < 4.78 is 1.92. The Bertz CT molecular complexity index is 1000. The molecule has 0 fully saturated rings. The van der Waals surface area contributed by atoms with Gasteiger partial charge in [0.15, 0.2) is 11.0 Å². The van der Waals surface area contributed by atoms with Crippen molar-refractivity contribution in [3.63, 3.8) is 0 Å². The monoisotopic (exact) mass is 410 g/mol. The highest BCUT2D eigenvalue weighted by atomic mass is 32.2. The van der Waals surface area contributed by atoms with Gasteiger partial charge in [0.25, 0.3) is 5.91 Å². The maximum absolute atomic E-state index is 12.2. The number of carbonyl (C=O) groups excluding carboxylic acids is 2. The fourth-order valence-electron chi connectivity index (χ4n) is 2.66. The van der Waals surface area contributed by atoms with Gasteiger partial charge in [-0.1, -0.05) is 30.0 Å². The first-order valence-electron chi connectivity index (χ1n) is 9.08. The number of rotatable bonds is 7. The first-order valence-corrected chi connectivity index (χ1v) is 10.1. The van der Waals surface area contributed by atoms with E-state index in [0.29, 0.717) is 23.2 Å². The number of benzene rings is 1. The van der Waals surface area contributed by atoms with Crippen molar-refractivity contribution in [3.8, 4) is 11.4 Å². The molecule has 2 amide bonds. The molecule has 2 heterocycles. The highest BCUT2D eigenvalue weighted by Crippen LogP contribution is 2.24. The molecule has 3 aromatic rings. The van der Waals surface area contributed by atoms with E-state index < -0.39 is 0 Å². The zero-order valence-electron chi connectivity index (χ0n) is 16.5. The van der Waals surface area contributed by atoms with Gasteiger partial charge in [0.05, 0.1) is 5.75 Å². The molecule has 150 valence electrons. The van der Waals surface area contributed by atoms with Gasteiger partial charge in [-0.15, -0.1) is 10.2 Å². The van der Waals surface area contributed by atoms with Crippen LogP contribution in [0.1, 0.15) is 17.4 Å². The van der Waals surface area contributed by atoms with Crippen LogP contribution in [0.3, 0.4) is 0 Å². The van der Waals surface area contributed by atoms with E-state index in [9.17, 15) is 9.59 Å². The molecule has 3 rings (SSSR count). The van der Waals surface area contributed by atoms with Crippen LogP contribution in [0.15, 0.2) is 53.8 Å². The standard InChI is InChI=1S/C20H22N6O2S/c1-4-26-18(14-10-11-21-16(12-14)19(28)25(2)3)23-24-20(26)29-13-17(27)22-15-8-6-5-7-9-15/h5-12H,4,13H2,1-3H3,(H,22,27). The lowest BCUT2D eigenvalue weighted by Crippen LogP contribution is -2.22. The summed E-state index contributed by atoms with van der Waals surface area (Å²) in [6, 6.07) is 12.8. The van der Waals surface area contributed by atoms with E-state index in [1.54, 1.807) is 32.4 Å². The predicted octanol–water partition coefficient (Wildman–Crippen LogP) is 2.79. The summed E-state index contributed by atoms with van der Waals surface area (Å²) >= 11 is 1.32. The Morgan fingerprint density at radius 1 is 1.14 bits per heavy atom. The second-order valence-corrected chi connectivity index (χ2v) is 7.33. The average molecular weight is 411 g/mol. The molecule has 29 heavy (non-hydrogen) atoms. The van der Waals surface area contributed by atoms with E-state index in [2.05, 4.69) is 20.5 Å². The van der Waals surface area contributed by atoms with E-state index >= 15 is 0 Å². The van der Waals surface area contributed by atoms with Crippen molar-refractivity contribution in [2.24, 2.45) is 0 Å². The number of thioether (sulfide) groups is 1. The van der Waals surface area contributed by atoms with Crippen molar-refractivity contribution in [1.82, 2.24) is 24.6 Å². The van der Waals surface area contributed by atoms with E-state index in [1.165, 1.54) is 16.7 Å². The largest absolute Gasteiger partial charge is 0.343 e. The van der Waals surface area contributed by atoms with Gasteiger partial charge >= 0.3 is 0 Å². The summed E-state index contributed by atoms with van der Waals surface area (Å²) in [7, 11) is 3.36. The van der Waals surface area contributed by atoms with E-state index in [1.807, 2.05) is 41.8 Å². The Labute approximate surface area is 173 Å². The minimum absolute atomic E-state index is 0.115. The number of pyridine rings is 1. The highest BCUT2D eigenvalue weighted by Gasteiger charge is 2.17. The van der Waals surface area contributed by atoms with Crippen LogP contribution in [0, 0.1) is 0 Å². The number of para-hydroxylation sites is 1. The summed E-state index contributed by atoms with van der Waals surface area (Å²) in [6.07, 6.45) is 1.58. The number of amides is 2.